The zero-order chi connectivity index (χ0) is 14.0. The lowest BCUT2D eigenvalue weighted by atomic mass is 10.0. The molecule has 1 saturated heterocycles. The molecule has 1 aromatic carbocycles. The first kappa shape index (κ1) is 14.5. The largest absolute Gasteiger partial charge is 0.313 e. The van der Waals surface area contributed by atoms with Gasteiger partial charge in [0.1, 0.15) is 0 Å². The third-order valence-electron chi connectivity index (χ3n) is 3.86. The molecule has 2 N–H and O–H groups in total. The Balaban J connectivity index is 2.19. The number of hydrogen-bond acceptors (Lipinski definition) is 3. The molecule has 0 radical (unpaired) electrons. The molecule has 5 heteroatoms. The number of benzene rings is 1. The molecule has 1 heterocycles. The highest BCUT2D eigenvalue weighted by atomic mass is 32.2. The van der Waals surface area contributed by atoms with Gasteiger partial charge in [0.2, 0.25) is 10.0 Å². The molecule has 2 atom stereocenters. The molecule has 19 heavy (non-hydrogen) atoms. The Morgan fingerprint density at radius 3 is 2.63 bits per heavy atom. The molecule has 0 bridgehead atoms. The molecule has 0 amide bonds. The van der Waals surface area contributed by atoms with Crippen LogP contribution in [-0.2, 0) is 10.0 Å². The van der Waals surface area contributed by atoms with Gasteiger partial charge < -0.3 is 5.32 Å². The minimum absolute atomic E-state index is 0.0274. The Hall–Kier alpha value is -0.910. The van der Waals surface area contributed by atoms with Crippen LogP contribution in [0.2, 0.25) is 0 Å². The second kappa shape index (κ2) is 5.61. The molecule has 2 rings (SSSR count). The van der Waals surface area contributed by atoms with E-state index < -0.39 is 10.0 Å². The van der Waals surface area contributed by atoms with Gasteiger partial charge in [0.15, 0.2) is 0 Å². The summed E-state index contributed by atoms with van der Waals surface area (Å²) in [5.41, 5.74) is 2.10. The van der Waals surface area contributed by atoms with E-state index in [1.54, 1.807) is 12.1 Å². The average Bonchev–Trinajstić information content (AvgIpc) is 2.35. The third kappa shape index (κ3) is 3.35. The predicted octanol–water partition coefficient (Wildman–Crippen LogP) is 1.72. The van der Waals surface area contributed by atoms with Gasteiger partial charge in [-0.05, 0) is 63.4 Å². The van der Waals surface area contributed by atoms with Crippen molar-refractivity contribution in [3.05, 3.63) is 29.3 Å². The van der Waals surface area contributed by atoms with Gasteiger partial charge in [-0.3, -0.25) is 0 Å². The maximum absolute atomic E-state index is 12.4. The predicted molar refractivity (Wildman–Crippen MR) is 76.7 cm³/mol. The smallest absolute Gasteiger partial charge is 0.240 e. The van der Waals surface area contributed by atoms with Gasteiger partial charge in [-0.2, -0.15) is 0 Å². The quantitative estimate of drug-likeness (QED) is 0.887. The van der Waals surface area contributed by atoms with Gasteiger partial charge in [0.25, 0.3) is 0 Å². The number of nitrogens with one attached hydrogen (secondary N) is 2. The fourth-order valence-corrected chi connectivity index (χ4v) is 3.79. The summed E-state index contributed by atoms with van der Waals surface area (Å²) in [6.45, 7) is 6.89. The van der Waals surface area contributed by atoms with Crippen LogP contribution < -0.4 is 10.0 Å². The van der Waals surface area contributed by atoms with Crippen molar-refractivity contribution in [3.63, 3.8) is 0 Å². The first-order chi connectivity index (χ1) is 8.90. The fraction of sp³-hybridized carbons (Fsp3) is 0.571. The van der Waals surface area contributed by atoms with Crippen LogP contribution in [0, 0.1) is 13.8 Å². The molecule has 0 aliphatic carbocycles. The van der Waals surface area contributed by atoms with E-state index in [2.05, 4.69) is 10.0 Å². The number of aryl methyl sites for hydroxylation is 2. The Morgan fingerprint density at radius 1 is 1.26 bits per heavy atom. The number of sulfonamides is 1. The van der Waals surface area contributed by atoms with Crippen LogP contribution in [0.3, 0.4) is 0 Å². The normalized spacial score (nSPS) is 24.4. The van der Waals surface area contributed by atoms with Crippen LogP contribution in [-0.4, -0.2) is 27.0 Å². The first-order valence-corrected chi connectivity index (χ1v) is 8.21. The summed E-state index contributed by atoms with van der Waals surface area (Å²) in [4.78, 5) is 0.355. The highest BCUT2D eigenvalue weighted by molar-refractivity contribution is 7.89. The van der Waals surface area contributed by atoms with Gasteiger partial charge in [-0.15, -0.1) is 0 Å². The van der Waals surface area contributed by atoms with Gasteiger partial charge in [0, 0.05) is 12.1 Å². The van der Waals surface area contributed by atoms with Crippen LogP contribution >= 0.6 is 0 Å². The van der Waals surface area contributed by atoms with Crippen molar-refractivity contribution in [2.75, 3.05) is 6.54 Å². The standard InChI is InChI=1S/C14H22N2O2S/c1-10-6-7-13(9-11(10)2)19(17,18)16-14-5-4-8-15-12(14)3/h6-7,9,12,14-16H,4-5,8H2,1-3H3. The lowest BCUT2D eigenvalue weighted by Gasteiger charge is -2.30. The molecule has 4 nitrogen and oxygen atoms in total. The van der Waals surface area contributed by atoms with E-state index in [1.807, 2.05) is 26.8 Å². The van der Waals surface area contributed by atoms with E-state index in [1.165, 1.54) is 0 Å². The maximum Gasteiger partial charge on any atom is 0.240 e. The highest BCUT2D eigenvalue weighted by Gasteiger charge is 2.26. The molecule has 1 aliphatic rings. The SMILES string of the molecule is Cc1ccc(S(=O)(=O)NC2CCCNC2C)cc1C. The maximum atomic E-state index is 12.4. The highest BCUT2D eigenvalue weighted by Crippen LogP contribution is 2.17. The van der Waals surface area contributed by atoms with E-state index in [0.29, 0.717) is 4.90 Å². The molecule has 0 saturated carbocycles. The van der Waals surface area contributed by atoms with Crippen molar-refractivity contribution in [2.24, 2.45) is 0 Å². The van der Waals surface area contributed by atoms with Crippen molar-refractivity contribution in [2.45, 2.75) is 50.6 Å². The average molecular weight is 282 g/mol. The molecule has 1 aliphatic heterocycles. The van der Waals surface area contributed by atoms with Crippen molar-refractivity contribution in [1.82, 2.24) is 10.0 Å². The van der Waals surface area contributed by atoms with Crippen LogP contribution in [0.15, 0.2) is 23.1 Å². The van der Waals surface area contributed by atoms with E-state index in [4.69, 9.17) is 0 Å². The number of hydrogen-bond donors (Lipinski definition) is 2. The molecule has 1 aromatic rings. The summed E-state index contributed by atoms with van der Waals surface area (Å²) >= 11 is 0. The minimum atomic E-state index is -3.42. The second-order valence-corrected chi connectivity index (χ2v) is 7.07. The Morgan fingerprint density at radius 2 is 2.00 bits per heavy atom. The Labute approximate surface area is 115 Å². The van der Waals surface area contributed by atoms with Crippen LogP contribution in [0.5, 0.6) is 0 Å². The Bertz CT molecular complexity index is 555. The second-order valence-electron chi connectivity index (χ2n) is 5.36. The monoisotopic (exact) mass is 282 g/mol. The summed E-state index contributed by atoms with van der Waals surface area (Å²) in [7, 11) is -3.42. The molecule has 0 aromatic heterocycles. The minimum Gasteiger partial charge on any atom is -0.313 e. The summed E-state index contributed by atoms with van der Waals surface area (Å²) < 4.78 is 27.6. The Kier molecular flexibility index (Phi) is 4.28. The molecule has 0 spiro atoms. The molecule has 106 valence electrons. The van der Waals surface area contributed by atoms with Gasteiger partial charge in [0.05, 0.1) is 4.90 Å². The van der Waals surface area contributed by atoms with Crippen molar-refractivity contribution in [1.29, 1.82) is 0 Å². The molecule has 1 fully saturated rings. The molecular formula is C14H22N2O2S. The number of rotatable bonds is 3. The van der Waals surface area contributed by atoms with Crippen molar-refractivity contribution < 1.29 is 8.42 Å². The number of piperidine rings is 1. The third-order valence-corrected chi connectivity index (χ3v) is 5.34. The van der Waals surface area contributed by atoms with Gasteiger partial charge in [-0.25, -0.2) is 13.1 Å². The summed E-state index contributed by atoms with van der Waals surface area (Å²) in [6.07, 6.45) is 1.89. The van der Waals surface area contributed by atoms with E-state index in [9.17, 15) is 8.42 Å². The molecular weight excluding hydrogens is 260 g/mol. The lowest BCUT2D eigenvalue weighted by Crippen LogP contribution is -2.51. The van der Waals surface area contributed by atoms with Crippen molar-refractivity contribution >= 4 is 10.0 Å². The van der Waals surface area contributed by atoms with E-state index in [0.717, 1.165) is 30.5 Å². The van der Waals surface area contributed by atoms with E-state index >= 15 is 0 Å². The topological polar surface area (TPSA) is 58.2 Å². The summed E-state index contributed by atoms with van der Waals surface area (Å²) in [5.74, 6) is 0. The summed E-state index contributed by atoms with van der Waals surface area (Å²) in [5, 5.41) is 3.30. The molecule has 2 unspecified atom stereocenters. The lowest BCUT2D eigenvalue weighted by molar-refractivity contribution is 0.349. The van der Waals surface area contributed by atoms with Crippen LogP contribution in [0.4, 0.5) is 0 Å². The van der Waals surface area contributed by atoms with Gasteiger partial charge in [-0.1, -0.05) is 6.07 Å². The zero-order valence-corrected chi connectivity index (χ0v) is 12.5. The van der Waals surface area contributed by atoms with Crippen molar-refractivity contribution in [3.8, 4) is 0 Å². The van der Waals surface area contributed by atoms with Crippen LogP contribution in [0.25, 0.3) is 0 Å². The summed E-state index contributed by atoms with van der Waals surface area (Å²) in [6, 6.07) is 5.41. The fourth-order valence-electron chi connectivity index (χ4n) is 2.35. The van der Waals surface area contributed by atoms with E-state index in [-0.39, 0.29) is 12.1 Å². The van der Waals surface area contributed by atoms with Crippen LogP contribution in [0.1, 0.15) is 30.9 Å². The van der Waals surface area contributed by atoms with Gasteiger partial charge >= 0.3 is 0 Å². The first-order valence-electron chi connectivity index (χ1n) is 6.73. The zero-order valence-electron chi connectivity index (χ0n) is 11.7.